The van der Waals surface area contributed by atoms with Crippen LogP contribution in [-0.4, -0.2) is 31.2 Å². The molecule has 9 heteroatoms. The molecule has 0 aromatic carbocycles. The molecule has 0 fully saturated rings. The summed E-state index contributed by atoms with van der Waals surface area (Å²) in [5, 5.41) is 5.49. The van der Waals surface area contributed by atoms with Gasteiger partial charge in [-0.3, -0.25) is 9.36 Å². The quantitative estimate of drug-likeness (QED) is 0.283. The number of aryl methyl sites for hydroxylation is 4. The Kier molecular flexibility index (Phi) is 4.95. The van der Waals surface area contributed by atoms with Crippen LogP contribution in [-0.2, 0) is 0 Å². The van der Waals surface area contributed by atoms with E-state index in [4.69, 9.17) is 10.3 Å². The summed E-state index contributed by atoms with van der Waals surface area (Å²) in [6.07, 6.45) is 0. The second-order valence-corrected chi connectivity index (χ2v) is 9.13. The van der Waals surface area contributed by atoms with Crippen LogP contribution in [0.1, 0.15) is 37.9 Å². The Morgan fingerprint density at radius 1 is 1.21 bits per heavy atom. The molecule has 0 aliphatic rings. The number of carbonyl (C=O) groups is 1. The van der Waals surface area contributed by atoms with E-state index in [1.165, 1.54) is 16.6 Å². The second kappa shape index (κ2) is 7.31. The van der Waals surface area contributed by atoms with Crippen molar-refractivity contribution in [2.24, 2.45) is 0 Å². The fourth-order valence-electron chi connectivity index (χ4n) is 3.39. The highest BCUT2D eigenvalue weighted by atomic mass is 32.2. The van der Waals surface area contributed by atoms with E-state index in [9.17, 15) is 4.79 Å². The molecule has 0 unspecified atom stereocenters. The molecule has 0 amide bonds. The van der Waals surface area contributed by atoms with Gasteiger partial charge in [-0.2, -0.15) is 0 Å². The molecule has 0 spiro atoms. The van der Waals surface area contributed by atoms with Gasteiger partial charge in [-0.1, -0.05) is 16.9 Å². The summed E-state index contributed by atoms with van der Waals surface area (Å²) in [6, 6.07) is 3.73. The fourth-order valence-corrected chi connectivity index (χ4v) is 5.22. The SMILES string of the molecule is Cc1cc(-n2c(C)cc(C(=O)CSc3nc(N)c4c(C)c(C)sc4n3)c2C)no1. The average molecular weight is 428 g/mol. The molecule has 4 aromatic heterocycles. The molecule has 0 atom stereocenters. The molecule has 4 heterocycles. The van der Waals surface area contributed by atoms with Gasteiger partial charge in [-0.25, -0.2) is 9.97 Å². The summed E-state index contributed by atoms with van der Waals surface area (Å²) in [7, 11) is 0. The minimum absolute atomic E-state index is 0.00961. The number of nitrogens with zero attached hydrogens (tertiary/aromatic N) is 4. The van der Waals surface area contributed by atoms with Crippen LogP contribution >= 0.6 is 23.1 Å². The highest BCUT2D eigenvalue weighted by molar-refractivity contribution is 7.99. The lowest BCUT2D eigenvalue weighted by Crippen LogP contribution is -2.06. The van der Waals surface area contributed by atoms with Gasteiger partial charge >= 0.3 is 0 Å². The van der Waals surface area contributed by atoms with E-state index in [-0.39, 0.29) is 11.5 Å². The zero-order chi connectivity index (χ0) is 20.9. The van der Waals surface area contributed by atoms with Crippen LogP contribution in [0.4, 0.5) is 5.82 Å². The number of nitrogen functional groups attached to an aromatic ring is 1. The summed E-state index contributed by atoms with van der Waals surface area (Å²) < 4.78 is 7.10. The molecular formula is C20H21N5O2S2. The lowest BCUT2D eigenvalue weighted by atomic mass is 10.2. The van der Waals surface area contributed by atoms with Crippen molar-refractivity contribution in [3.8, 4) is 5.82 Å². The Balaban J connectivity index is 1.57. The Hall–Kier alpha value is -2.65. The minimum Gasteiger partial charge on any atom is -0.383 e. The fraction of sp³-hybridized carbons (Fsp3) is 0.300. The van der Waals surface area contributed by atoms with Gasteiger partial charge in [0, 0.05) is 27.9 Å². The van der Waals surface area contributed by atoms with Gasteiger partial charge in [-0.15, -0.1) is 11.3 Å². The third-order valence-corrected chi connectivity index (χ3v) is 6.89. The number of thiophene rings is 1. The maximum Gasteiger partial charge on any atom is 0.191 e. The first-order valence-corrected chi connectivity index (χ1v) is 10.9. The lowest BCUT2D eigenvalue weighted by Gasteiger charge is -2.05. The van der Waals surface area contributed by atoms with Crippen LogP contribution in [0.3, 0.4) is 0 Å². The molecule has 0 bridgehead atoms. The predicted octanol–water partition coefficient (Wildman–Crippen LogP) is 4.57. The van der Waals surface area contributed by atoms with Crippen LogP contribution in [0.5, 0.6) is 0 Å². The van der Waals surface area contributed by atoms with Gasteiger partial charge in [0.25, 0.3) is 0 Å². The molecule has 0 aliphatic heterocycles. The van der Waals surface area contributed by atoms with Crippen LogP contribution in [0, 0.1) is 34.6 Å². The molecule has 150 valence electrons. The Bertz CT molecular complexity index is 1250. The molecule has 2 N–H and O–H groups in total. The first-order valence-electron chi connectivity index (χ1n) is 9.08. The summed E-state index contributed by atoms with van der Waals surface area (Å²) in [5.74, 6) is 2.10. The summed E-state index contributed by atoms with van der Waals surface area (Å²) in [4.78, 5) is 23.9. The standard InChI is InChI=1S/C20H21N5O2S2/c1-9-6-14(12(4)25(9)16-7-10(2)27-24-16)15(26)8-28-20-22-18(21)17-11(3)13(5)29-19(17)23-20/h6-7H,8H2,1-5H3,(H2,21,22,23). The number of anilines is 1. The van der Waals surface area contributed by atoms with Gasteiger partial charge in [0.1, 0.15) is 16.4 Å². The summed E-state index contributed by atoms with van der Waals surface area (Å²) in [6.45, 7) is 9.76. The molecule has 0 saturated carbocycles. The smallest absolute Gasteiger partial charge is 0.191 e. The number of thioether (sulfide) groups is 1. The zero-order valence-corrected chi connectivity index (χ0v) is 18.5. The summed E-state index contributed by atoms with van der Waals surface area (Å²) >= 11 is 2.90. The van der Waals surface area contributed by atoms with Crippen molar-refractivity contribution >= 4 is 44.9 Å². The molecule has 0 saturated heterocycles. The van der Waals surface area contributed by atoms with Crippen LogP contribution < -0.4 is 5.73 Å². The monoisotopic (exact) mass is 427 g/mol. The number of carbonyl (C=O) groups excluding carboxylic acids is 1. The van der Waals surface area contributed by atoms with E-state index in [1.54, 1.807) is 11.3 Å². The van der Waals surface area contributed by atoms with E-state index in [2.05, 4.69) is 15.1 Å². The topological polar surface area (TPSA) is 99.8 Å². The molecule has 29 heavy (non-hydrogen) atoms. The number of Topliss-reactive ketones (excluding diaryl/α,β-unsaturated/α-hetero) is 1. The van der Waals surface area contributed by atoms with Gasteiger partial charge in [-0.05, 0) is 46.2 Å². The Morgan fingerprint density at radius 3 is 2.66 bits per heavy atom. The van der Waals surface area contributed by atoms with E-state index in [0.717, 1.165) is 32.9 Å². The van der Waals surface area contributed by atoms with Gasteiger partial charge in [0.05, 0.1) is 11.1 Å². The number of nitrogens with two attached hydrogens (primary N) is 1. The maximum absolute atomic E-state index is 12.9. The maximum atomic E-state index is 12.9. The van der Waals surface area contributed by atoms with Crippen molar-refractivity contribution in [3.05, 3.63) is 45.3 Å². The number of hydrogen-bond donors (Lipinski definition) is 1. The highest BCUT2D eigenvalue weighted by Gasteiger charge is 2.20. The third kappa shape index (κ3) is 3.44. The van der Waals surface area contributed by atoms with E-state index in [1.807, 2.05) is 51.3 Å². The molecule has 0 aliphatic carbocycles. The van der Waals surface area contributed by atoms with Crippen molar-refractivity contribution in [3.63, 3.8) is 0 Å². The van der Waals surface area contributed by atoms with E-state index >= 15 is 0 Å². The van der Waals surface area contributed by atoms with Crippen molar-refractivity contribution in [2.75, 3.05) is 11.5 Å². The summed E-state index contributed by atoms with van der Waals surface area (Å²) in [5.41, 5.74) is 9.68. The van der Waals surface area contributed by atoms with Crippen LogP contribution in [0.25, 0.3) is 16.0 Å². The number of aromatic nitrogens is 4. The van der Waals surface area contributed by atoms with Crippen LogP contribution in [0.15, 0.2) is 21.8 Å². The number of rotatable bonds is 5. The van der Waals surface area contributed by atoms with Crippen molar-refractivity contribution in [1.29, 1.82) is 0 Å². The van der Waals surface area contributed by atoms with Crippen molar-refractivity contribution in [2.45, 2.75) is 39.8 Å². The predicted molar refractivity (Wildman–Crippen MR) is 116 cm³/mol. The van der Waals surface area contributed by atoms with E-state index in [0.29, 0.717) is 22.4 Å². The minimum atomic E-state index is 0.00961. The van der Waals surface area contributed by atoms with Crippen molar-refractivity contribution in [1.82, 2.24) is 19.7 Å². The average Bonchev–Trinajstić information content (AvgIpc) is 3.29. The first kappa shape index (κ1) is 19.7. The van der Waals surface area contributed by atoms with Gasteiger partial charge in [0.2, 0.25) is 0 Å². The number of hydrogen-bond acceptors (Lipinski definition) is 8. The third-order valence-electron chi connectivity index (χ3n) is 4.94. The number of ketones is 1. The Morgan fingerprint density at radius 2 is 1.97 bits per heavy atom. The number of fused-ring (bicyclic) bond motifs is 1. The van der Waals surface area contributed by atoms with E-state index < -0.39 is 0 Å². The highest BCUT2D eigenvalue weighted by Crippen LogP contribution is 2.33. The largest absolute Gasteiger partial charge is 0.383 e. The normalized spacial score (nSPS) is 11.5. The molecule has 0 radical (unpaired) electrons. The first-order chi connectivity index (χ1) is 13.8. The molecule has 4 rings (SSSR count). The van der Waals surface area contributed by atoms with Gasteiger partial charge < -0.3 is 10.3 Å². The molecule has 7 nitrogen and oxygen atoms in total. The molecular weight excluding hydrogens is 406 g/mol. The van der Waals surface area contributed by atoms with Gasteiger partial charge in [0.15, 0.2) is 16.8 Å². The lowest BCUT2D eigenvalue weighted by molar-refractivity contribution is 0.102. The van der Waals surface area contributed by atoms with Crippen LogP contribution in [0.2, 0.25) is 0 Å². The van der Waals surface area contributed by atoms with Crippen molar-refractivity contribution < 1.29 is 9.32 Å². The molecule has 4 aromatic rings. The Labute approximate surface area is 176 Å². The second-order valence-electron chi connectivity index (χ2n) is 6.98. The zero-order valence-electron chi connectivity index (χ0n) is 16.9.